The molecule has 0 radical (unpaired) electrons. The zero-order valence-electron chi connectivity index (χ0n) is 25.6. The number of aliphatic hydroxyl groups is 1. The number of fused-ring (bicyclic) bond motifs is 1. The fourth-order valence-electron chi connectivity index (χ4n) is 6.14. The molecule has 3 aliphatic heterocycles. The van der Waals surface area contributed by atoms with Crippen molar-refractivity contribution in [1.82, 2.24) is 0 Å². The molecule has 0 aromatic rings. The lowest BCUT2D eigenvalue weighted by atomic mass is 9.82. The topological polar surface area (TPSA) is 118 Å². The standard InChI is InChI=1S/C28H52O9SSi/c1-11-12-21(37-39(9,10)27(5,6)7)15-20-13-14-22(34-20)17(2)25-19(4)28(30)24(38(31,32)36-25)16-23(35-28)18(3)26(29)33-8/h17-25,30H,11-16H2,1-10H3/t17-,18-,19+,20+,21+,22-,23-,24+,25+,28+/m1/s1. The Hall–Kier alpha value is -0.563. The number of carbonyl (C=O) groups excluding carboxylic acids is 1. The summed E-state index contributed by atoms with van der Waals surface area (Å²) in [4.78, 5) is 12.1. The van der Waals surface area contributed by atoms with Crippen LogP contribution < -0.4 is 0 Å². The second-order valence-corrected chi connectivity index (χ2v) is 20.0. The molecule has 11 heteroatoms. The third-order valence-electron chi connectivity index (χ3n) is 9.77. The van der Waals surface area contributed by atoms with E-state index in [2.05, 4.69) is 40.8 Å². The average Bonchev–Trinajstić information content (AvgIpc) is 3.45. The van der Waals surface area contributed by atoms with Crippen LogP contribution in [-0.2, 0) is 37.7 Å². The summed E-state index contributed by atoms with van der Waals surface area (Å²) in [5, 5.41) is 10.4. The Balaban J connectivity index is 1.70. The quantitative estimate of drug-likeness (QED) is 0.217. The van der Waals surface area contributed by atoms with E-state index in [4.69, 9.17) is 22.8 Å². The summed E-state index contributed by atoms with van der Waals surface area (Å²) in [5.74, 6) is -4.12. The molecule has 0 unspecified atom stereocenters. The van der Waals surface area contributed by atoms with Crippen molar-refractivity contribution in [3.63, 3.8) is 0 Å². The van der Waals surface area contributed by atoms with Crippen molar-refractivity contribution in [2.75, 3.05) is 7.11 Å². The van der Waals surface area contributed by atoms with Crippen LogP contribution >= 0.6 is 0 Å². The van der Waals surface area contributed by atoms with Crippen molar-refractivity contribution < 1.29 is 41.1 Å². The molecule has 0 spiro atoms. The number of carbonyl (C=O) groups is 1. The zero-order valence-corrected chi connectivity index (χ0v) is 27.4. The number of methoxy groups -OCH3 is 1. The summed E-state index contributed by atoms with van der Waals surface area (Å²) in [6, 6.07) is 0. The molecule has 228 valence electrons. The van der Waals surface area contributed by atoms with Crippen LogP contribution in [0, 0.1) is 17.8 Å². The zero-order chi connectivity index (χ0) is 29.6. The van der Waals surface area contributed by atoms with Crippen molar-refractivity contribution in [3.05, 3.63) is 0 Å². The molecule has 0 aliphatic carbocycles. The summed E-state index contributed by atoms with van der Waals surface area (Å²) in [6.07, 6.45) is 2.78. The van der Waals surface area contributed by atoms with Crippen molar-refractivity contribution in [3.8, 4) is 0 Å². The first-order valence-corrected chi connectivity index (χ1v) is 19.0. The molecule has 39 heavy (non-hydrogen) atoms. The molecule has 0 aromatic heterocycles. The monoisotopic (exact) mass is 592 g/mol. The van der Waals surface area contributed by atoms with Gasteiger partial charge in [-0.25, -0.2) is 0 Å². The lowest BCUT2D eigenvalue weighted by Crippen LogP contribution is -2.60. The summed E-state index contributed by atoms with van der Waals surface area (Å²) in [5.41, 5.74) is 0. The number of esters is 1. The molecule has 3 rings (SSSR count). The van der Waals surface area contributed by atoms with Crippen LogP contribution in [0.4, 0.5) is 0 Å². The third kappa shape index (κ3) is 6.75. The maximum atomic E-state index is 13.2. The summed E-state index contributed by atoms with van der Waals surface area (Å²) < 4.78 is 56.2. The SMILES string of the molecule is CCC[C@@H](C[C@@H]1CC[C@H]([C@@H](C)[C@@H]2OS(=O)(=O)[C@H]3C[C@H]([C@@H](C)C(=O)OC)O[C@@]3(O)[C@H]2C)O1)O[Si](C)(C)C(C)(C)C. The maximum absolute atomic E-state index is 13.2. The van der Waals surface area contributed by atoms with E-state index in [-0.39, 0.29) is 35.7 Å². The van der Waals surface area contributed by atoms with Crippen LogP contribution in [0.1, 0.15) is 87.0 Å². The van der Waals surface area contributed by atoms with Gasteiger partial charge >= 0.3 is 5.97 Å². The van der Waals surface area contributed by atoms with Crippen LogP contribution in [0.3, 0.4) is 0 Å². The van der Waals surface area contributed by atoms with Gasteiger partial charge in [0, 0.05) is 17.9 Å². The molecule has 3 saturated heterocycles. The smallest absolute Gasteiger partial charge is 0.311 e. The molecule has 10 atom stereocenters. The largest absolute Gasteiger partial charge is 0.469 e. The molecule has 1 N–H and O–H groups in total. The van der Waals surface area contributed by atoms with Gasteiger partial charge in [0.25, 0.3) is 10.1 Å². The molecular formula is C28H52O9SSi. The Morgan fingerprint density at radius 2 is 1.82 bits per heavy atom. The average molecular weight is 593 g/mol. The van der Waals surface area contributed by atoms with Crippen molar-refractivity contribution in [2.45, 2.75) is 147 Å². The molecule has 9 nitrogen and oxygen atoms in total. The second-order valence-electron chi connectivity index (χ2n) is 13.5. The summed E-state index contributed by atoms with van der Waals surface area (Å²) >= 11 is 0. The van der Waals surface area contributed by atoms with Crippen LogP contribution in [0.15, 0.2) is 0 Å². The molecule has 3 heterocycles. The van der Waals surface area contributed by atoms with Gasteiger partial charge in [-0.05, 0) is 57.2 Å². The van der Waals surface area contributed by atoms with E-state index in [1.54, 1.807) is 13.8 Å². The van der Waals surface area contributed by atoms with E-state index in [0.717, 1.165) is 32.1 Å². The van der Waals surface area contributed by atoms with Crippen molar-refractivity contribution >= 4 is 24.4 Å². The summed E-state index contributed by atoms with van der Waals surface area (Å²) in [7, 11) is -4.80. The number of ether oxygens (including phenoxy) is 3. The molecule has 3 aliphatic rings. The number of rotatable bonds is 10. The normalized spacial score (nSPS) is 37.2. The predicted molar refractivity (Wildman–Crippen MR) is 151 cm³/mol. The van der Waals surface area contributed by atoms with Crippen LogP contribution in [0.2, 0.25) is 18.1 Å². The van der Waals surface area contributed by atoms with Gasteiger partial charge in [-0.15, -0.1) is 0 Å². The maximum Gasteiger partial charge on any atom is 0.311 e. The van der Waals surface area contributed by atoms with Gasteiger partial charge in [0.1, 0.15) is 5.25 Å². The summed E-state index contributed by atoms with van der Waals surface area (Å²) in [6.45, 7) is 18.8. The van der Waals surface area contributed by atoms with Crippen molar-refractivity contribution in [1.29, 1.82) is 0 Å². The minimum Gasteiger partial charge on any atom is -0.469 e. The molecule has 0 amide bonds. The predicted octanol–water partition coefficient (Wildman–Crippen LogP) is 4.77. The second kappa shape index (κ2) is 12.0. The Bertz CT molecular complexity index is 965. The van der Waals surface area contributed by atoms with E-state index < -0.39 is 59.5 Å². The van der Waals surface area contributed by atoms with Gasteiger partial charge < -0.3 is 23.7 Å². The minimum atomic E-state index is -4.15. The fourth-order valence-corrected chi connectivity index (χ4v) is 9.43. The molecule has 0 aromatic carbocycles. The fraction of sp³-hybridized carbons (Fsp3) is 0.964. The van der Waals surface area contributed by atoms with E-state index in [1.165, 1.54) is 7.11 Å². The first kappa shape index (κ1) is 32.9. The first-order chi connectivity index (χ1) is 17.9. The van der Waals surface area contributed by atoms with Crippen LogP contribution in [0.25, 0.3) is 0 Å². The van der Waals surface area contributed by atoms with Crippen LogP contribution in [-0.4, -0.2) is 76.5 Å². The van der Waals surface area contributed by atoms with Crippen molar-refractivity contribution in [2.24, 2.45) is 17.8 Å². The Kier molecular flexibility index (Phi) is 10.1. The van der Waals surface area contributed by atoms with E-state index in [9.17, 15) is 18.3 Å². The third-order valence-corrected chi connectivity index (χ3v) is 16.0. The van der Waals surface area contributed by atoms with Crippen LogP contribution in [0.5, 0.6) is 0 Å². The van der Waals surface area contributed by atoms with Gasteiger partial charge in [0.05, 0.1) is 37.4 Å². The van der Waals surface area contributed by atoms with E-state index in [0.29, 0.717) is 0 Å². The number of hydrogen-bond donors (Lipinski definition) is 1. The highest BCUT2D eigenvalue weighted by atomic mass is 32.2. The highest BCUT2D eigenvalue weighted by Gasteiger charge is 2.65. The Labute approximate surface area is 236 Å². The molecule has 0 saturated carbocycles. The lowest BCUT2D eigenvalue weighted by Gasteiger charge is -2.45. The van der Waals surface area contributed by atoms with Gasteiger partial charge in [0.15, 0.2) is 14.1 Å². The Morgan fingerprint density at radius 1 is 1.18 bits per heavy atom. The van der Waals surface area contributed by atoms with Gasteiger partial charge in [0.2, 0.25) is 0 Å². The highest BCUT2D eigenvalue weighted by Crippen LogP contribution is 2.49. The Morgan fingerprint density at radius 3 is 2.38 bits per heavy atom. The van der Waals surface area contributed by atoms with E-state index in [1.807, 2.05) is 6.92 Å². The first-order valence-electron chi connectivity index (χ1n) is 14.6. The van der Waals surface area contributed by atoms with Gasteiger partial charge in [-0.3, -0.25) is 8.98 Å². The highest BCUT2D eigenvalue weighted by molar-refractivity contribution is 7.87. The molecule has 3 fully saturated rings. The molecule has 0 bridgehead atoms. The minimum absolute atomic E-state index is 0.0260. The van der Waals surface area contributed by atoms with Gasteiger partial charge in [-0.1, -0.05) is 48.0 Å². The van der Waals surface area contributed by atoms with E-state index >= 15 is 0 Å². The molecular weight excluding hydrogens is 540 g/mol. The number of hydrogen-bond acceptors (Lipinski definition) is 9. The lowest BCUT2D eigenvalue weighted by molar-refractivity contribution is -0.254. The van der Waals surface area contributed by atoms with Gasteiger partial charge in [-0.2, -0.15) is 8.42 Å².